The van der Waals surface area contributed by atoms with E-state index in [1.165, 1.54) is 11.1 Å². The Morgan fingerprint density at radius 2 is 1.92 bits per heavy atom. The first-order valence-electron chi connectivity index (χ1n) is 7.85. The minimum atomic E-state index is -3.50. The maximum atomic E-state index is 12.6. The minimum Gasteiger partial charge on any atom is -0.308 e. The summed E-state index contributed by atoms with van der Waals surface area (Å²) >= 11 is 0. The van der Waals surface area contributed by atoms with E-state index in [0.717, 1.165) is 24.1 Å². The molecule has 1 aliphatic rings. The van der Waals surface area contributed by atoms with Crippen molar-refractivity contribution in [3.05, 3.63) is 64.7 Å². The van der Waals surface area contributed by atoms with Crippen molar-refractivity contribution in [2.75, 3.05) is 13.1 Å². The molecule has 2 N–H and O–H groups in total. The molecule has 0 radical (unpaired) electrons. The van der Waals surface area contributed by atoms with Crippen molar-refractivity contribution in [1.82, 2.24) is 10.0 Å². The Kier molecular flexibility index (Phi) is 6.04. The number of benzene rings is 2. The highest BCUT2D eigenvalue weighted by atomic mass is 35.5. The van der Waals surface area contributed by atoms with Crippen LogP contribution < -0.4 is 10.0 Å². The zero-order valence-corrected chi connectivity index (χ0v) is 15.5. The fourth-order valence-corrected chi connectivity index (χ4v) is 4.42. The Morgan fingerprint density at radius 1 is 1.17 bits per heavy atom. The average molecular weight is 367 g/mol. The van der Waals surface area contributed by atoms with E-state index >= 15 is 0 Å². The van der Waals surface area contributed by atoms with Gasteiger partial charge in [-0.25, -0.2) is 13.1 Å². The summed E-state index contributed by atoms with van der Waals surface area (Å²) < 4.78 is 27.9. The molecule has 0 spiro atoms. The molecule has 1 atom stereocenters. The molecule has 1 unspecified atom stereocenters. The van der Waals surface area contributed by atoms with Gasteiger partial charge >= 0.3 is 0 Å². The highest BCUT2D eigenvalue weighted by Crippen LogP contribution is 2.23. The van der Waals surface area contributed by atoms with Crippen molar-refractivity contribution in [3.63, 3.8) is 0 Å². The highest BCUT2D eigenvalue weighted by Gasteiger charge is 2.23. The van der Waals surface area contributed by atoms with E-state index in [2.05, 4.69) is 22.2 Å². The molecular formula is C18H23ClN2O2S. The third kappa shape index (κ3) is 3.98. The van der Waals surface area contributed by atoms with Gasteiger partial charge in [0.1, 0.15) is 0 Å². The molecule has 0 saturated carbocycles. The number of sulfonamides is 1. The van der Waals surface area contributed by atoms with Gasteiger partial charge in [-0.15, -0.1) is 12.4 Å². The molecule has 0 saturated heterocycles. The Labute approximate surface area is 150 Å². The van der Waals surface area contributed by atoms with Crippen LogP contribution in [0.2, 0.25) is 0 Å². The fraction of sp³-hybridized carbons (Fsp3) is 0.333. The van der Waals surface area contributed by atoms with Crippen LogP contribution in [0.25, 0.3) is 0 Å². The molecule has 130 valence electrons. The van der Waals surface area contributed by atoms with Gasteiger partial charge in [-0.2, -0.15) is 0 Å². The van der Waals surface area contributed by atoms with E-state index in [1.807, 2.05) is 38.1 Å². The van der Waals surface area contributed by atoms with Gasteiger partial charge in [-0.3, -0.25) is 0 Å². The number of aryl methyl sites for hydroxylation is 2. The molecule has 0 bridgehead atoms. The predicted molar refractivity (Wildman–Crippen MR) is 99.2 cm³/mol. The number of halogens is 1. The number of fused-ring (bicyclic) bond motifs is 1. The standard InChI is InChI=1S/C18H22N2O2S.ClH/c1-13-7-8-18(14(2)11-13)23(21,22)20-12-17-16-6-4-3-5-15(16)9-10-19-17;/h3-8,11,17,19-20H,9-10,12H2,1-2H3;1H. The maximum Gasteiger partial charge on any atom is 0.240 e. The van der Waals surface area contributed by atoms with Gasteiger partial charge in [-0.05, 0) is 49.6 Å². The Hall–Kier alpha value is -1.40. The minimum absolute atomic E-state index is 0. The van der Waals surface area contributed by atoms with Gasteiger partial charge in [0, 0.05) is 12.6 Å². The lowest BCUT2D eigenvalue weighted by atomic mass is 9.95. The summed E-state index contributed by atoms with van der Waals surface area (Å²) in [5.74, 6) is 0. The van der Waals surface area contributed by atoms with E-state index in [4.69, 9.17) is 0 Å². The van der Waals surface area contributed by atoms with Gasteiger partial charge in [0.25, 0.3) is 0 Å². The van der Waals surface area contributed by atoms with Crippen LogP contribution in [-0.4, -0.2) is 21.5 Å². The second-order valence-electron chi connectivity index (χ2n) is 6.08. The third-order valence-corrected chi connectivity index (χ3v) is 5.90. The Morgan fingerprint density at radius 3 is 2.67 bits per heavy atom. The van der Waals surface area contributed by atoms with Gasteiger partial charge < -0.3 is 5.32 Å². The lowest BCUT2D eigenvalue weighted by Crippen LogP contribution is -2.39. The molecule has 6 heteroatoms. The van der Waals surface area contributed by atoms with Crippen molar-refractivity contribution in [3.8, 4) is 0 Å². The first kappa shape index (κ1) is 18.9. The van der Waals surface area contributed by atoms with E-state index in [-0.39, 0.29) is 18.4 Å². The first-order valence-corrected chi connectivity index (χ1v) is 9.34. The van der Waals surface area contributed by atoms with Crippen molar-refractivity contribution >= 4 is 22.4 Å². The largest absolute Gasteiger partial charge is 0.308 e. The number of hydrogen-bond donors (Lipinski definition) is 2. The molecule has 0 aromatic heterocycles. The molecule has 1 heterocycles. The zero-order chi connectivity index (χ0) is 16.4. The number of hydrogen-bond acceptors (Lipinski definition) is 3. The molecular weight excluding hydrogens is 344 g/mol. The van der Waals surface area contributed by atoms with Crippen LogP contribution in [-0.2, 0) is 16.4 Å². The van der Waals surface area contributed by atoms with Crippen molar-refractivity contribution < 1.29 is 8.42 Å². The van der Waals surface area contributed by atoms with Crippen molar-refractivity contribution in [1.29, 1.82) is 0 Å². The van der Waals surface area contributed by atoms with E-state index in [0.29, 0.717) is 11.4 Å². The van der Waals surface area contributed by atoms with Crippen LogP contribution in [0.4, 0.5) is 0 Å². The summed E-state index contributed by atoms with van der Waals surface area (Å²) in [5, 5.41) is 3.40. The van der Waals surface area contributed by atoms with Gasteiger partial charge in [0.15, 0.2) is 0 Å². The van der Waals surface area contributed by atoms with E-state index in [1.54, 1.807) is 6.07 Å². The van der Waals surface area contributed by atoms with Crippen LogP contribution in [0.1, 0.15) is 28.3 Å². The molecule has 0 fully saturated rings. The molecule has 2 aromatic rings. The lowest BCUT2D eigenvalue weighted by Gasteiger charge is -2.27. The molecule has 0 aliphatic carbocycles. The Bertz CT molecular complexity index is 822. The van der Waals surface area contributed by atoms with Crippen LogP contribution in [0, 0.1) is 13.8 Å². The maximum absolute atomic E-state index is 12.6. The number of nitrogens with one attached hydrogen (secondary N) is 2. The second-order valence-corrected chi connectivity index (χ2v) is 7.81. The first-order chi connectivity index (χ1) is 11.0. The number of rotatable bonds is 4. The van der Waals surface area contributed by atoms with Crippen LogP contribution >= 0.6 is 12.4 Å². The highest BCUT2D eigenvalue weighted by molar-refractivity contribution is 7.89. The molecule has 0 amide bonds. The quantitative estimate of drug-likeness (QED) is 0.874. The second kappa shape index (κ2) is 7.66. The average Bonchev–Trinajstić information content (AvgIpc) is 2.52. The summed E-state index contributed by atoms with van der Waals surface area (Å²) in [5.41, 5.74) is 4.31. The summed E-state index contributed by atoms with van der Waals surface area (Å²) in [6.45, 7) is 5.01. The van der Waals surface area contributed by atoms with Gasteiger partial charge in [0.05, 0.1) is 4.90 Å². The lowest BCUT2D eigenvalue weighted by molar-refractivity contribution is 0.491. The summed E-state index contributed by atoms with van der Waals surface area (Å²) in [7, 11) is -3.50. The van der Waals surface area contributed by atoms with Crippen molar-refractivity contribution in [2.24, 2.45) is 0 Å². The van der Waals surface area contributed by atoms with Crippen LogP contribution in [0.3, 0.4) is 0 Å². The van der Waals surface area contributed by atoms with Crippen LogP contribution in [0.5, 0.6) is 0 Å². The zero-order valence-electron chi connectivity index (χ0n) is 13.9. The van der Waals surface area contributed by atoms with Crippen LogP contribution in [0.15, 0.2) is 47.4 Å². The molecule has 1 aliphatic heterocycles. The molecule has 2 aromatic carbocycles. The third-order valence-electron chi connectivity index (χ3n) is 4.31. The molecule has 3 rings (SSSR count). The summed E-state index contributed by atoms with van der Waals surface area (Å²) in [6, 6.07) is 13.6. The van der Waals surface area contributed by atoms with Crippen molar-refractivity contribution in [2.45, 2.75) is 31.2 Å². The van der Waals surface area contributed by atoms with Gasteiger partial charge in [0.2, 0.25) is 10.0 Å². The fourth-order valence-electron chi connectivity index (χ4n) is 3.15. The molecule has 4 nitrogen and oxygen atoms in total. The molecule has 24 heavy (non-hydrogen) atoms. The summed E-state index contributed by atoms with van der Waals surface area (Å²) in [4.78, 5) is 0.354. The SMILES string of the molecule is Cc1ccc(S(=O)(=O)NCC2NCCc3ccccc32)c(C)c1.Cl. The van der Waals surface area contributed by atoms with Gasteiger partial charge in [-0.1, -0.05) is 42.0 Å². The normalized spacial score (nSPS) is 17.0. The van der Waals surface area contributed by atoms with E-state index in [9.17, 15) is 8.42 Å². The monoisotopic (exact) mass is 366 g/mol. The smallest absolute Gasteiger partial charge is 0.240 e. The van der Waals surface area contributed by atoms with E-state index < -0.39 is 10.0 Å². The predicted octanol–water partition coefficient (Wildman–Crippen LogP) is 2.89. The summed E-state index contributed by atoms with van der Waals surface area (Å²) in [6.07, 6.45) is 0.983. The topological polar surface area (TPSA) is 58.2 Å². The Balaban J connectivity index is 0.00000208.